The normalized spacial score (nSPS) is 14.4. The largest absolute Gasteiger partial charge is 0.455 e. The topological polar surface area (TPSA) is 53.8 Å². The fourth-order valence-electron chi connectivity index (χ4n) is 5.21. The summed E-state index contributed by atoms with van der Waals surface area (Å²) in [6, 6.07) is 18.9. The number of likely N-dealkylation sites (tertiary alicyclic amines) is 1. The van der Waals surface area contributed by atoms with Crippen LogP contribution in [-0.4, -0.2) is 48.7 Å². The third-order valence-electron chi connectivity index (χ3n) is 7.38. The molecule has 1 aliphatic rings. The number of Topliss-reactive ketones (excluding diaryl/α,β-unsaturated/α-hetero) is 1. The van der Waals surface area contributed by atoms with Crippen LogP contribution in [0.1, 0.15) is 53.5 Å². The van der Waals surface area contributed by atoms with Crippen LogP contribution in [0.5, 0.6) is 0 Å². The van der Waals surface area contributed by atoms with E-state index in [-0.39, 0.29) is 5.78 Å². The second kappa shape index (κ2) is 10.3. The zero-order valence-electron chi connectivity index (χ0n) is 22.7. The lowest BCUT2D eigenvalue weighted by molar-refractivity contribution is -0.113. The minimum absolute atomic E-state index is 0.0199. The average molecular weight is 531 g/mol. The van der Waals surface area contributed by atoms with Gasteiger partial charge in [-0.25, -0.2) is 8.78 Å². The van der Waals surface area contributed by atoms with Crippen molar-refractivity contribution in [3.05, 3.63) is 77.4 Å². The maximum absolute atomic E-state index is 13.4. The Kier molecular flexibility index (Phi) is 7.02. The van der Waals surface area contributed by atoms with E-state index in [4.69, 9.17) is 4.42 Å². The molecular weight excluding hydrogens is 498 g/mol. The molecule has 4 aromatic rings. The highest BCUT2D eigenvalue weighted by atomic mass is 19.3. The van der Waals surface area contributed by atoms with Crippen molar-refractivity contribution in [2.45, 2.75) is 40.0 Å². The Labute approximate surface area is 227 Å². The van der Waals surface area contributed by atoms with Crippen molar-refractivity contribution < 1.29 is 22.8 Å². The Morgan fingerprint density at radius 1 is 0.949 bits per heavy atom. The molecule has 0 unspecified atom stereocenters. The van der Waals surface area contributed by atoms with E-state index >= 15 is 0 Å². The molecule has 0 saturated carbocycles. The number of anilines is 1. The van der Waals surface area contributed by atoms with Gasteiger partial charge in [-0.3, -0.25) is 9.59 Å². The summed E-state index contributed by atoms with van der Waals surface area (Å²) < 4.78 is 33.2. The van der Waals surface area contributed by atoms with Crippen molar-refractivity contribution >= 4 is 28.3 Å². The van der Waals surface area contributed by atoms with Gasteiger partial charge in [-0.1, -0.05) is 48.9 Å². The number of alkyl halides is 2. The van der Waals surface area contributed by atoms with E-state index in [1.165, 1.54) is 0 Å². The van der Waals surface area contributed by atoms with Gasteiger partial charge in [0, 0.05) is 53.3 Å². The highest BCUT2D eigenvalue weighted by Gasteiger charge is 2.46. The summed E-state index contributed by atoms with van der Waals surface area (Å²) in [6.07, 6.45) is 0.324. The van der Waals surface area contributed by atoms with Crippen LogP contribution in [0.25, 0.3) is 33.4 Å². The van der Waals surface area contributed by atoms with Crippen molar-refractivity contribution in [1.82, 2.24) is 4.90 Å². The molecule has 1 aromatic heterocycles. The van der Waals surface area contributed by atoms with Crippen molar-refractivity contribution in [2.24, 2.45) is 0 Å². The van der Waals surface area contributed by atoms with Crippen LogP contribution in [0.2, 0.25) is 0 Å². The SMILES string of the molecule is CCC(=O)c1c(-c2ccc(C)cc2)oc2cc(N(CC)CC)c(-c3cccc(C(=O)N4CC(F)(F)C4)c3)cc12. The fraction of sp³-hybridized carbons (Fsp3) is 0.312. The highest BCUT2D eigenvalue weighted by Crippen LogP contribution is 2.42. The van der Waals surface area contributed by atoms with Gasteiger partial charge in [0.2, 0.25) is 0 Å². The molecule has 5 rings (SSSR count). The fourth-order valence-corrected chi connectivity index (χ4v) is 5.21. The number of furan rings is 1. The minimum Gasteiger partial charge on any atom is -0.455 e. The smallest absolute Gasteiger partial charge is 0.282 e. The summed E-state index contributed by atoms with van der Waals surface area (Å²) >= 11 is 0. The molecule has 0 radical (unpaired) electrons. The molecule has 1 fully saturated rings. The third-order valence-corrected chi connectivity index (χ3v) is 7.38. The molecule has 0 aliphatic carbocycles. The number of fused-ring (bicyclic) bond motifs is 1. The maximum atomic E-state index is 13.4. The van der Waals surface area contributed by atoms with E-state index < -0.39 is 24.9 Å². The lowest BCUT2D eigenvalue weighted by Crippen LogP contribution is -2.58. The number of carbonyl (C=O) groups excluding carboxylic acids is 2. The van der Waals surface area contributed by atoms with Crippen LogP contribution in [0, 0.1) is 6.92 Å². The zero-order valence-corrected chi connectivity index (χ0v) is 22.7. The van der Waals surface area contributed by atoms with Crippen LogP contribution in [0.4, 0.5) is 14.5 Å². The van der Waals surface area contributed by atoms with Gasteiger partial charge >= 0.3 is 0 Å². The van der Waals surface area contributed by atoms with E-state index in [1.54, 1.807) is 18.2 Å². The quantitative estimate of drug-likeness (QED) is 0.220. The zero-order chi connectivity index (χ0) is 27.9. The van der Waals surface area contributed by atoms with E-state index in [9.17, 15) is 18.4 Å². The molecule has 1 aliphatic heterocycles. The maximum Gasteiger partial charge on any atom is 0.282 e. The number of halogens is 2. The van der Waals surface area contributed by atoms with Gasteiger partial charge in [0.25, 0.3) is 11.8 Å². The molecule has 0 bridgehead atoms. The number of amides is 1. The number of hydrogen-bond donors (Lipinski definition) is 0. The molecule has 2 heterocycles. The summed E-state index contributed by atoms with van der Waals surface area (Å²) in [5.41, 5.74) is 5.97. The summed E-state index contributed by atoms with van der Waals surface area (Å²) in [4.78, 5) is 29.5. The molecule has 7 heteroatoms. The van der Waals surface area contributed by atoms with Gasteiger partial charge in [-0.05, 0) is 44.5 Å². The molecule has 202 valence electrons. The van der Waals surface area contributed by atoms with Crippen LogP contribution in [0.3, 0.4) is 0 Å². The summed E-state index contributed by atoms with van der Waals surface area (Å²) in [5, 5.41) is 0.711. The molecular formula is C32H32F2N2O3. The van der Waals surface area contributed by atoms with Gasteiger partial charge in [-0.15, -0.1) is 0 Å². The highest BCUT2D eigenvalue weighted by molar-refractivity contribution is 6.13. The van der Waals surface area contributed by atoms with Gasteiger partial charge < -0.3 is 14.2 Å². The van der Waals surface area contributed by atoms with Gasteiger partial charge in [-0.2, -0.15) is 0 Å². The average Bonchev–Trinajstić information content (AvgIpc) is 3.30. The molecule has 1 amide bonds. The first-order valence-electron chi connectivity index (χ1n) is 13.4. The second-order valence-electron chi connectivity index (χ2n) is 10.1. The first-order valence-corrected chi connectivity index (χ1v) is 13.4. The molecule has 3 aromatic carbocycles. The van der Waals surface area contributed by atoms with E-state index in [0.717, 1.165) is 45.9 Å². The lowest BCUT2D eigenvalue weighted by atomic mass is 9.95. The van der Waals surface area contributed by atoms with Gasteiger partial charge in [0.15, 0.2) is 5.78 Å². The Morgan fingerprint density at radius 3 is 2.26 bits per heavy atom. The third kappa shape index (κ3) is 4.93. The predicted molar refractivity (Wildman–Crippen MR) is 151 cm³/mol. The Hall–Kier alpha value is -4.00. The van der Waals surface area contributed by atoms with Crippen molar-refractivity contribution in [2.75, 3.05) is 31.1 Å². The summed E-state index contributed by atoms with van der Waals surface area (Å²) in [7, 11) is 0. The van der Waals surface area contributed by atoms with Crippen molar-refractivity contribution in [3.8, 4) is 22.5 Å². The van der Waals surface area contributed by atoms with Crippen LogP contribution < -0.4 is 4.90 Å². The summed E-state index contributed by atoms with van der Waals surface area (Å²) in [5.74, 6) is -2.72. The summed E-state index contributed by atoms with van der Waals surface area (Å²) in [6.45, 7) is 8.32. The number of nitrogens with zero attached hydrogens (tertiary/aromatic N) is 2. The first-order chi connectivity index (χ1) is 18.7. The van der Waals surface area contributed by atoms with Crippen LogP contribution in [0.15, 0.2) is 65.1 Å². The van der Waals surface area contributed by atoms with Crippen molar-refractivity contribution in [3.63, 3.8) is 0 Å². The second-order valence-corrected chi connectivity index (χ2v) is 10.1. The number of carbonyl (C=O) groups is 2. The molecule has 1 saturated heterocycles. The lowest BCUT2D eigenvalue weighted by Gasteiger charge is -2.38. The number of benzene rings is 3. The molecule has 0 atom stereocenters. The Bertz CT molecular complexity index is 1540. The standard InChI is InChI=1S/C32H32F2N2O3/c1-5-27(37)29-25-16-24(22-9-8-10-23(15-22)31(38)36-18-32(33,34)19-36)26(35(6-2)7-3)17-28(25)39-30(29)21-13-11-20(4)12-14-21/h8-17H,5-7,18-19H2,1-4H3. The molecule has 5 nitrogen and oxygen atoms in total. The molecule has 39 heavy (non-hydrogen) atoms. The number of ketones is 1. The van der Waals surface area contributed by atoms with E-state index in [0.29, 0.717) is 34.3 Å². The van der Waals surface area contributed by atoms with Crippen LogP contribution >= 0.6 is 0 Å². The van der Waals surface area contributed by atoms with Gasteiger partial charge in [0.05, 0.1) is 18.7 Å². The number of rotatable bonds is 8. The van der Waals surface area contributed by atoms with Crippen LogP contribution in [-0.2, 0) is 0 Å². The van der Waals surface area contributed by atoms with E-state index in [1.807, 2.05) is 56.3 Å². The minimum atomic E-state index is -2.83. The molecule has 0 N–H and O–H groups in total. The number of hydrogen-bond acceptors (Lipinski definition) is 4. The van der Waals surface area contributed by atoms with Gasteiger partial charge in [0.1, 0.15) is 11.3 Å². The van der Waals surface area contributed by atoms with Crippen molar-refractivity contribution in [1.29, 1.82) is 0 Å². The first kappa shape index (κ1) is 26.6. The molecule has 0 spiro atoms. The Morgan fingerprint density at radius 2 is 1.64 bits per heavy atom. The van der Waals surface area contributed by atoms with E-state index in [2.05, 4.69) is 18.7 Å². The number of aryl methyl sites for hydroxylation is 1. The monoisotopic (exact) mass is 530 g/mol. The predicted octanol–water partition coefficient (Wildman–Crippen LogP) is 7.61. The Balaban J connectivity index is 1.69.